The summed E-state index contributed by atoms with van der Waals surface area (Å²) in [6.45, 7) is 6.31. The first-order valence-corrected chi connectivity index (χ1v) is 8.30. The monoisotopic (exact) mass is 286 g/mol. The van der Waals surface area contributed by atoms with E-state index < -0.39 is 0 Å². The second-order valence-electron chi connectivity index (χ2n) is 6.64. The summed E-state index contributed by atoms with van der Waals surface area (Å²) in [6, 6.07) is 8.68. The Kier molecular flexibility index (Phi) is 4.03. The maximum Gasteiger partial charge on any atom is 0.233 e. The maximum absolute atomic E-state index is 13.4. The molecule has 1 unspecified atom stereocenters. The molecule has 21 heavy (non-hydrogen) atoms. The second kappa shape index (κ2) is 5.80. The molecule has 1 aromatic rings. The zero-order chi connectivity index (χ0) is 14.9. The molecule has 3 heteroatoms. The van der Waals surface area contributed by atoms with Crippen molar-refractivity contribution in [2.75, 3.05) is 18.0 Å². The molecule has 1 N–H and O–H groups in total. The van der Waals surface area contributed by atoms with Crippen LogP contribution in [0.4, 0.5) is 5.69 Å². The Balaban J connectivity index is 1.93. The van der Waals surface area contributed by atoms with Gasteiger partial charge in [0.15, 0.2) is 0 Å². The summed E-state index contributed by atoms with van der Waals surface area (Å²) in [5.41, 5.74) is 2.31. The van der Waals surface area contributed by atoms with E-state index >= 15 is 0 Å². The van der Waals surface area contributed by atoms with Crippen LogP contribution in [0, 0.1) is 5.41 Å². The van der Waals surface area contributed by atoms with Crippen molar-refractivity contribution >= 4 is 11.6 Å². The van der Waals surface area contributed by atoms with E-state index in [1.807, 2.05) is 6.07 Å². The van der Waals surface area contributed by atoms with Gasteiger partial charge >= 0.3 is 0 Å². The fraction of sp³-hybridized carbons (Fsp3) is 0.611. The minimum absolute atomic E-state index is 0.147. The Bertz CT molecular complexity index is 514. The zero-order valence-corrected chi connectivity index (χ0v) is 13.2. The number of nitrogens with one attached hydrogen (secondary N) is 1. The quantitative estimate of drug-likeness (QED) is 0.926. The van der Waals surface area contributed by atoms with E-state index in [-0.39, 0.29) is 5.41 Å². The van der Waals surface area contributed by atoms with Gasteiger partial charge in [0.2, 0.25) is 5.91 Å². The molecule has 0 radical (unpaired) electrons. The Morgan fingerprint density at radius 1 is 1.33 bits per heavy atom. The van der Waals surface area contributed by atoms with Crippen molar-refractivity contribution in [1.82, 2.24) is 5.32 Å². The van der Waals surface area contributed by atoms with Crippen LogP contribution in [0.3, 0.4) is 0 Å². The third-order valence-corrected chi connectivity index (χ3v) is 5.17. The number of amides is 1. The van der Waals surface area contributed by atoms with Crippen LogP contribution in [0.25, 0.3) is 0 Å². The molecule has 0 aliphatic carbocycles. The topological polar surface area (TPSA) is 32.3 Å². The summed E-state index contributed by atoms with van der Waals surface area (Å²) >= 11 is 0. The number of anilines is 1. The lowest BCUT2D eigenvalue weighted by Crippen LogP contribution is -2.51. The lowest BCUT2D eigenvalue weighted by atomic mass is 9.74. The number of fused-ring (bicyclic) bond motifs is 1. The molecule has 1 saturated heterocycles. The molecule has 1 amide bonds. The molecular formula is C18H26N2O. The van der Waals surface area contributed by atoms with E-state index in [0.717, 1.165) is 50.9 Å². The number of nitrogens with zero attached hydrogens (tertiary/aromatic N) is 1. The van der Waals surface area contributed by atoms with Crippen LogP contribution in [-0.2, 0) is 11.2 Å². The van der Waals surface area contributed by atoms with Crippen LogP contribution in [-0.4, -0.2) is 25.0 Å². The molecule has 0 saturated carbocycles. The number of para-hydroxylation sites is 1. The molecule has 2 heterocycles. The van der Waals surface area contributed by atoms with E-state index in [0.29, 0.717) is 11.9 Å². The molecule has 2 aliphatic rings. The number of benzene rings is 1. The average Bonchev–Trinajstić information content (AvgIpc) is 2.83. The van der Waals surface area contributed by atoms with Crippen molar-refractivity contribution in [1.29, 1.82) is 0 Å². The minimum Gasteiger partial charge on any atom is -0.317 e. The number of hydrogen-bond acceptors (Lipinski definition) is 2. The molecule has 1 atom stereocenters. The molecule has 0 spiro atoms. The van der Waals surface area contributed by atoms with E-state index in [2.05, 4.69) is 42.3 Å². The van der Waals surface area contributed by atoms with Gasteiger partial charge in [0, 0.05) is 11.7 Å². The van der Waals surface area contributed by atoms with Crippen LogP contribution >= 0.6 is 0 Å². The van der Waals surface area contributed by atoms with Crippen molar-refractivity contribution in [3.05, 3.63) is 29.8 Å². The number of carbonyl (C=O) groups excluding carboxylic acids is 1. The SMILES string of the molecule is CCCC1(C(=O)N2c3ccccc3CC2C)CCNCC1. The Labute approximate surface area is 127 Å². The number of hydrogen-bond donors (Lipinski definition) is 1. The first-order valence-electron chi connectivity index (χ1n) is 8.30. The van der Waals surface area contributed by atoms with E-state index in [4.69, 9.17) is 0 Å². The molecule has 3 rings (SSSR count). The molecule has 0 aromatic heterocycles. The highest BCUT2D eigenvalue weighted by Crippen LogP contribution is 2.41. The summed E-state index contributed by atoms with van der Waals surface area (Å²) in [5.74, 6) is 0.364. The van der Waals surface area contributed by atoms with Crippen molar-refractivity contribution in [3.8, 4) is 0 Å². The van der Waals surface area contributed by atoms with Crippen LogP contribution in [0.2, 0.25) is 0 Å². The second-order valence-corrected chi connectivity index (χ2v) is 6.64. The van der Waals surface area contributed by atoms with Gasteiger partial charge in [-0.1, -0.05) is 31.5 Å². The highest BCUT2D eigenvalue weighted by atomic mass is 16.2. The van der Waals surface area contributed by atoms with Gasteiger partial charge in [0.05, 0.1) is 5.41 Å². The number of rotatable bonds is 3. The first kappa shape index (κ1) is 14.6. The molecule has 0 bridgehead atoms. The van der Waals surface area contributed by atoms with Gasteiger partial charge in [-0.25, -0.2) is 0 Å². The molecule has 1 fully saturated rings. The van der Waals surface area contributed by atoms with Gasteiger partial charge < -0.3 is 10.2 Å². The first-order chi connectivity index (χ1) is 10.2. The van der Waals surface area contributed by atoms with Crippen molar-refractivity contribution in [2.45, 2.75) is 52.0 Å². The van der Waals surface area contributed by atoms with E-state index in [9.17, 15) is 4.79 Å². The van der Waals surface area contributed by atoms with Crippen LogP contribution in [0.5, 0.6) is 0 Å². The summed E-state index contributed by atoms with van der Waals surface area (Å²) in [5, 5.41) is 3.40. The number of carbonyl (C=O) groups is 1. The summed E-state index contributed by atoms with van der Waals surface area (Å²) in [4.78, 5) is 15.5. The van der Waals surface area contributed by atoms with Gasteiger partial charge in [-0.3, -0.25) is 4.79 Å². The van der Waals surface area contributed by atoms with Crippen LogP contribution < -0.4 is 10.2 Å². The molecule has 1 aromatic carbocycles. The Hall–Kier alpha value is -1.35. The largest absolute Gasteiger partial charge is 0.317 e. The van der Waals surface area contributed by atoms with E-state index in [1.54, 1.807) is 0 Å². The fourth-order valence-corrected chi connectivity index (χ4v) is 4.09. The predicted octanol–water partition coefficient (Wildman–Crippen LogP) is 3.13. The lowest BCUT2D eigenvalue weighted by molar-refractivity contribution is -0.130. The predicted molar refractivity (Wildman–Crippen MR) is 86.5 cm³/mol. The summed E-state index contributed by atoms with van der Waals surface area (Å²) in [6.07, 6.45) is 5.03. The Morgan fingerprint density at radius 3 is 2.76 bits per heavy atom. The average molecular weight is 286 g/mol. The fourth-order valence-electron chi connectivity index (χ4n) is 4.09. The van der Waals surface area contributed by atoms with Crippen molar-refractivity contribution in [2.24, 2.45) is 5.41 Å². The van der Waals surface area contributed by atoms with Gasteiger partial charge in [0.25, 0.3) is 0 Å². The highest BCUT2D eigenvalue weighted by Gasteiger charge is 2.44. The highest BCUT2D eigenvalue weighted by molar-refractivity contribution is 6.00. The van der Waals surface area contributed by atoms with Crippen molar-refractivity contribution in [3.63, 3.8) is 0 Å². The molecular weight excluding hydrogens is 260 g/mol. The maximum atomic E-state index is 13.4. The zero-order valence-electron chi connectivity index (χ0n) is 13.2. The summed E-state index contributed by atoms with van der Waals surface area (Å²) < 4.78 is 0. The molecule has 2 aliphatic heterocycles. The van der Waals surface area contributed by atoms with Crippen LogP contribution in [0.15, 0.2) is 24.3 Å². The molecule has 114 valence electrons. The van der Waals surface area contributed by atoms with Gasteiger partial charge in [-0.2, -0.15) is 0 Å². The third kappa shape index (κ3) is 2.48. The van der Waals surface area contributed by atoms with Crippen LogP contribution in [0.1, 0.15) is 45.1 Å². The number of piperidine rings is 1. The Morgan fingerprint density at radius 2 is 2.05 bits per heavy atom. The standard InChI is InChI=1S/C18H26N2O/c1-3-8-18(9-11-19-12-10-18)17(21)20-14(2)13-15-6-4-5-7-16(15)20/h4-7,14,19H,3,8-13H2,1-2H3. The smallest absolute Gasteiger partial charge is 0.233 e. The van der Waals surface area contributed by atoms with Crippen molar-refractivity contribution < 1.29 is 4.79 Å². The summed E-state index contributed by atoms with van der Waals surface area (Å²) in [7, 11) is 0. The van der Waals surface area contributed by atoms with E-state index in [1.165, 1.54) is 5.56 Å². The van der Waals surface area contributed by atoms with Gasteiger partial charge in [-0.15, -0.1) is 0 Å². The third-order valence-electron chi connectivity index (χ3n) is 5.17. The minimum atomic E-state index is -0.147. The van der Waals surface area contributed by atoms with Gasteiger partial charge in [0.1, 0.15) is 0 Å². The molecule has 3 nitrogen and oxygen atoms in total. The normalized spacial score (nSPS) is 23.9. The van der Waals surface area contributed by atoms with Gasteiger partial charge in [-0.05, 0) is 57.3 Å². The lowest BCUT2D eigenvalue weighted by Gasteiger charge is -2.40.